The van der Waals surface area contributed by atoms with Gasteiger partial charge in [-0.1, -0.05) is 0 Å². The van der Waals surface area contributed by atoms with E-state index in [4.69, 9.17) is 0 Å². The van der Waals surface area contributed by atoms with Gasteiger partial charge in [-0.3, -0.25) is 0 Å². The number of benzene rings is 1. The van der Waals surface area contributed by atoms with E-state index >= 15 is 0 Å². The van der Waals surface area contributed by atoms with Gasteiger partial charge in [-0.15, -0.1) is 0 Å². The van der Waals surface area contributed by atoms with Gasteiger partial charge in [-0.25, -0.2) is 21.9 Å². The third-order valence-corrected chi connectivity index (χ3v) is 6.93. The maximum atomic E-state index is 12.8. The summed E-state index contributed by atoms with van der Waals surface area (Å²) in [4.78, 5) is 11.8. The van der Waals surface area contributed by atoms with E-state index in [9.17, 15) is 17.6 Å². The topological polar surface area (TPSA) is 78.5 Å². The highest BCUT2D eigenvalue weighted by Crippen LogP contribution is 2.33. The van der Waals surface area contributed by atoms with Crippen LogP contribution in [0.4, 0.5) is 14.9 Å². The fraction of sp³-hybridized carbons (Fsp3) is 0.562. The van der Waals surface area contributed by atoms with Crippen molar-refractivity contribution in [2.45, 2.75) is 30.9 Å². The Hall–Kier alpha value is -1.67. The molecule has 132 valence electrons. The van der Waals surface area contributed by atoms with Crippen LogP contribution in [0.3, 0.4) is 0 Å². The SMILES string of the molecule is O=C(NCC1CCN(S(=O)(=O)C2CC2)CC1)Nc1ccc(F)cc1. The maximum Gasteiger partial charge on any atom is 0.319 e. The highest BCUT2D eigenvalue weighted by molar-refractivity contribution is 7.90. The number of halogens is 1. The molecule has 1 aliphatic carbocycles. The zero-order valence-electron chi connectivity index (χ0n) is 13.4. The zero-order valence-corrected chi connectivity index (χ0v) is 14.2. The highest BCUT2D eigenvalue weighted by atomic mass is 32.2. The largest absolute Gasteiger partial charge is 0.338 e. The van der Waals surface area contributed by atoms with Gasteiger partial charge in [0.05, 0.1) is 5.25 Å². The number of urea groups is 1. The monoisotopic (exact) mass is 355 g/mol. The first-order chi connectivity index (χ1) is 11.4. The second-order valence-electron chi connectivity index (χ2n) is 6.43. The van der Waals surface area contributed by atoms with Crippen molar-refractivity contribution in [3.8, 4) is 0 Å². The fourth-order valence-electron chi connectivity index (χ4n) is 2.89. The molecule has 1 aromatic carbocycles. The van der Waals surface area contributed by atoms with E-state index in [1.807, 2.05) is 0 Å². The van der Waals surface area contributed by atoms with Gasteiger partial charge in [0.2, 0.25) is 10.0 Å². The number of sulfonamides is 1. The summed E-state index contributed by atoms with van der Waals surface area (Å²) >= 11 is 0. The maximum absolute atomic E-state index is 12.8. The normalized spacial score (nSPS) is 19.9. The molecular formula is C16H22FN3O3S. The Kier molecular flexibility index (Phi) is 5.05. The lowest BCUT2D eigenvalue weighted by Gasteiger charge is -2.31. The Morgan fingerprint density at radius 3 is 2.33 bits per heavy atom. The summed E-state index contributed by atoms with van der Waals surface area (Å²) < 4.78 is 38.7. The van der Waals surface area contributed by atoms with Gasteiger partial charge < -0.3 is 10.6 Å². The lowest BCUT2D eigenvalue weighted by atomic mass is 9.98. The molecule has 1 saturated carbocycles. The van der Waals surface area contributed by atoms with E-state index in [1.54, 1.807) is 4.31 Å². The van der Waals surface area contributed by atoms with Crippen LogP contribution in [0, 0.1) is 11.7 Å². The van der Waals surface area contributed by atoms with E-state index in [-0.39, 0.29) is 23.0 Å². The quantitative estimate of drug-likeness (QED) is 0.849. The van der Waals surface area contributed by atoms with Crippen LogP contribution in [0.2, 0.25) is 0 Å². The molecule has 1 saturated heterocycles. The average molecular weight is 355 g/mol. The first-order valence-corrected chi connectivity index (χ1v) is 9.75. The van der Waals surface area contributed by atoms with Crippen LogP contribution in [0.25, 0.3) is 0 Å². The number of rotatable bonds is 5. The Morgan fingerprint density at radius 1 is 1.12 bits per heavy atom. The lowest BCUT2D eigenvalue weighted by Crippen LogP contribution is -2.43. The first-order valence-electron chi connectivity index (χ1n) is 8.24. The fourth-order valence-corrected chi connectivity index (χ4v) is 4.76. The summed E-state index contributed by atoms with van der Waals surface area (Å²) in [6.45, 7) is 1.57. The van der Waals surface area contributed by atoms with Gasteiger partial charge in [-0.05, 0) is 55.9 Å². The van der Waals surface area contributed by atoms with Crippen LogP contribution in [0.15, 0.2) is 24.3 Å². The van der Waals surface area contributed by atoms with Gasteiger partial charge >= 0.3 is 6.03 Å². The van der Waals surface area contributed by atoms with Crippen molar-refractivity contribution >= 4 is 21.7 Å². The molecule has 1 aromatic rings. The van der Waals surface area contributed by atoms with Crippen molar-refractivity contribution in [1.29, 1.82) is 0 Å². The first kappa shape index (κ1) is 17.2. The molecule has 0 spiro atoms. The second-order valence-corrected chi connectivity index (χ2v) is 8.64. The van der Waals surface area contributed by atoms with Gasteiger partial charge in [0.25, 0.3) is 0 Å². The zero-order chi connectivity index (χ0) is 17.2. The standard InChI is InChI=1S/C16H22FN3O3S/c17-13-1-3-14(4-2-13)19-16(21)18-11-12-7-9-20(10-8-12)24(22,23)15-5-6-15/h1-4,12,15H,5-11H2,(H2,18,19,21). The van der Waals surface area contributed by atoms with Crippen LogP contribution in [-0.2, 0) is 10.0 Å². The van der Waals surface area contributed by atoms with E-state index in [0.717, 1.165) is 25.7 Å². The molecule has 2 amide bonds. The Morgan fingerprint density at radius 2 is 1.75 bits per heavy atom. The smallest absolute Gasteiger partial charge is 0.319 e. The van der Waals surface area contributed by atoms with Gasteiger partial charge in [0.15, 0.2) is 0 Å². The number of piperidine rings is 1. The summed E-state index contributed by atoms with van der Waals surface area (Å²) in [7, 11) is -3.08. The lowest BCUT2D eigenvalue weighted by molar-refractivity contribution is 0.240. The number of nitrogens with zero attached hydrogens (tertiary/aromatic N) is 1. The predicted octanol–water partition coefficient (Wildman–Crippen LogP) is 2.15. The molecule has 8 heteroatoms. The average Bonchev–Trinajstić information content (AvgIpc) is 3.41. The van der Waals surface area contributed by atoms with E-state index < -0.39 is 10.0 Å². The molecular weight excluding hydrogens is 333 g/mol. The number of nitrogens with one attached hydrogen (secondary N) is 2. The molecule has 0 radical (unpaired) electrons. The molecule has 2 N–H and O–H groups in total. The minimum absolute atomic E-state index is 0.159. The molecule has 24 heavy (non-hydrogen) atoms. The molecule has 2 aliphatic rings. The number of hydrogen-bond donors (Lipinski definition) is 2. The van der Waals surface area contributed by atoms with Gasteiger partial charge in [0, 0.05) is 25.3 Å². The third kappa shape index (κ3) is 4.24. The Bertz CT molecular complexity index is 681. The Balaban J connectivity index is 1.40. The van der Waals surface area contributed by atoms with Crippen LogP contribution in [-0.4, -0.2) is 43.6 Å². The molecule has 3 rings (SSSR count). The summed E-state index contributed by atoms with van der Waals surface area (Å²) in [5.74, 6) is -0.0801. The van der Waals surface area contributed by atoms with Crippen molar-refractivity contribution in [1.82, 2.24) is 9.62 Å². The number of carbonyl (C=O) groups excluding carboxylic acids is 1. The molecule has 1 heterocycles. The summed E-state index contributed by atoms with van der Waals surface area (Å²) in [6, 6.07) is 5.22. The van der Waals surface area contributed by atoms with Crippen LogP contribution in [0.1, 0.15) is 25.7 Å². The number of hydrogen-bond acceptors (Lipinski definition) is 3. The number of carbonyl (C=O) groups is 1. The van der Waals surface area contributed by atoms with E-state index in [0.29, 0.717) is 25.3 Å². The molecule has 0 aromatic heterocycles. The summed E-state index contributed by atoms with van der Waals surface area (Å²) in [5.41, 5.74) is 0.527. The molecule has 0 unspecified atom stereocenters. The van der Waals surface area contributed by atoms with Gasteiger partial charge in [-0.2, -0.15) is 0 Å². The number of anilines is 1. The molecule has 0 bridgehead atoms. The van der Waals surface area contributed by atoms with Crippen molar-refractivity contribution in [2.75, 3.05) is 25.0 Å². The minimum atomic E-state index is -3.08. The molecule has 0 atom stereocenters. The third-order valence-electron chi connectivity index (χ3n) is 4.53. The minimum Gasteiger partial charge on any atom is -0.338 e. The van der Waals surface area contributed by atoms with Gasteiger partial charge in [0.1, 0.15) is 5.82 Å². The van der Waals surface area contributed by atoms with Crippen molar-refractivity contribution in [3.63, 3.8) is 0 Å². The molecule has 6 nitrogen and oxygen atoms in total. The second kappa shape index (κ2) is 7.06. The number of amides is 2. The van der Waals surface area contributed by atoms with E-state index in [1.165, 1.54) is 24.3 Å². The van der Waals surface area contributed by atoms with Crippen LogP contribution in [0.5, 0.6) is 0 Å². The van der Waals surface area contributed by atoms with Crippen molar-refractivity contribution in [2.24, 2.45) is 5.92 Å². The van der Waals surface area contributed by atoms with Crippen LogP contribution >= 0.6 is 0 Å². The predicted molar refractivity (Wildman–Crippen MR) is 89.7 cm³/mol. The summed E-state index contributed by atoms with van der Waals surface area (Å²) in [5, 5.41) is 5.28. The highest BCUT2D eigenvalue weighted by Gasteiger charge is 2.41. The molecule has 2 fully saturated rings. The van der Waals surface area contributed by atoms with E-state index in [2.05, 4.69) is 10.6 Å². The van der Waals surface area contributed by atoms with Crippen LogP contribution < -0.4 is 10.6 Å². The molecule has 1 aliphatic heterocycles. The van der Waals surface area contributed by atoms with Crippen molar-refractivity contribution < 1.29 is 17.6 Å². The van der Waals surface area contributed by atoms with Crippen molar-refractivity contribution in [3.05, 3.63) is 30.1 Å². The Labute approximate surface area is 141 Å². The summed E-state index contributed by atoms with van der Waals surface area (Å²) in [6.07, 6.45) is 3.08.